The van der Waals surface area contributed by atoms with Crippen molar-refractivity contribution in [2.45, 2.75) is 63.7 Å². The SMILES string of the molecule is CC1CCC(C(=O)NC2CCCCC2CO)O1. The topological polar surface area (TPSA) is 58.6 Å². The molecule has 17 heavy (non-hydrogen) atoms. The fourth-order valence-electron chi connectivity index (χ4n) is 2.89. The van der Waals surface area contributed by atoms with Gasteiger partial charge in [-0.15, -0.1) is 0 Å². The first-order valence-electron chi connectivity index (χ1n) is 6.77. The largest absolute Gasteiger partial charge is 0.396 e. The highest BCUT2D eigenvalue weighted by Gasteiger charge is 2.32. The van der Waals surface area contributed by atoms with Crippen molar-refractivity contribution in [2.24, 2.45) is 5.92 Å². The Labute approximate surface area is 103 Å². The van der Waals surface area contributed by atoms with Gasteiger partial charge >= 0.3 is 0 Å². The predicted octanol–water partition coefficient (Wildman–Crippen LogP) is 1.22. The number of carbonyl (C=O) groups excluding carboxylic acids is 1. The van der Waals surface area contributed by atoms with E-state index in [2.05, 4.69) is 5.32 Å². The number of ether oxygens (including phenoxy) is 1. The normalized spacial score (nSPS) is 38.0. The van der Waals surface area contributed by atoms with Crippen LogP contribution in [-0.4, -0.2) is 35.9 Å². The quantitative estimate of drug-likeness (QED) is 0.781. The molecule has 4 unspecified atom stereocenters. The van der Waals surface area contributed by atoms with Crippen molar-refractivity contribution >= 4 is 5.91 Å². The smallest absolute Gasteiger partial charge is 0.249 e. The van der Waals surface area contributed by atoms with Crippen LogP contribution in [0.15, 0.2) is 0 Å². The van der Waals surface area contributed by atoms with Crippen LogP contribution in [0.2, 0.25) is 0 Å². The Kier molecular flexibility index (Phi) is 4.40. The van der Waals surface area contributed by atoms with Gasteiger partial charge in [-0.1, -0.05) is 12.8 Å². The first kappa shape index (κ1) is 12.8. The predicted molar refractivity (Wildman–Crippen MR) is 64.5 cm³/mol. The molecule has 98 valence electrons. The number of nitrogens with one attached hydrogen (secondary N) is 1. The van der Waals surface area contributed by atoms with Crippen LogP contribution >= 0.6 is 0 Å². The fraction of sp³-hybridized carbons (Fsp3) is 0.923. The Bertz CT molecular complexity index is 269. The second kappa shape index (κ2) is 5.83. The van der Waals surface area contributed by atoms with E-state index < -0.39 is 0 Å². The van der Waals surface area contributed by atoms with Gasteiger partial charge in [0.25, 0.3) is 0 Å². The van der Waals surface area contributed by atoms with Gasteiger partial charge in [-0.2, -0.15) is 0 Å². The van der Waals surface area contributed by atoms with E-state index in [4.69, 9.17) is 4.74 Å². The molecule has 2 fully saturated rings. The molecular weight excluding hydrogens is 218 g/mol. The molecule has 0 bridgehead atoms. The lowest BCUT2D eigenvalue weighted by Gasteiger charge is -2.31. The van der Waals surface area contributed by atoms with E-state index in [9.17, 15) is 9.90 Å². The first-order valence-corrected chi connectivity index (χ1v) is 6.77. The zero-order chi connectivity index (χ0) is 12.3. The number of aliphatic hydroxyl groups excluding tert-OH is 1. The molecular formula is C13H23NO3. The summed E-state index contributed by atoms with van der Waals surface area (Å²) in [4.78, 5) is 12.0. The lowest BCUT2D eigenvalue weighted by atomic mass is 9.85. The number of rotatable bonds is 3. The molecule has 2 N–H and O–H groups in total. The third-order valence-electron chi connectivity index (χ3n) is 4.00. The molecule has 2 aliphatic rings. The fourth-order valence-corrected chi connectivity index (χ4v) is 2.89. The summed E-state index contributed by atoms with van der Waals surface area (Å²) in [6.45, 7) is 2.18. The van der Waals surface area contributed by atoms with Crippen LogP contribution in [0.1, 0.15) is 45.4 Å². The van der Waals surface area contributed by atoms with E-state index >= 15 is 0 Å². The van der Waals surface area contributed by atoms with Crippen molar-refractivity contribution in [1.82, 2.24) is 5.32 Å². The average Bonchev–Trinajstić information content (AvgIpc) is 2.77. The number of hydrogen-bond donors (Lipinski definition) is 2. The molecule has 1 aliphatic heterocycles. The zero-order valence-corrected chi connectivity index (χ0v) is 10.5. The minimum absolute atomic E-state index is 0.0136. The maximum Gasteiger partial charge on any atom is 0.249 e. The van der Waals surface area contributed by atoms with Crippen molar-refractivity contribution in [3.05, 3.63) is 0 Å². The van der Waals surface area contributed by atoms with Crippen molar-refractivity contribution in [3.63, 3.8) is 0 Å². The summed E-state index contributed by atoms with van der Waals surface area (Å²) in [5, 5.41) is 12.4. The molecule has 1 aliphatic carbocycles. The number of carbonyl (C=O) groups is 1. The number of amides is 1. The van der Waals surface area contributed by atoms with E-state index in [1.807, 2.05) is 6.92 Å². The highest BCUT2D eigenvalue weighted by Crippen LogP contribution is 2.25. The number of hydrogen-bond acceptors (Lipinski definition) is 3. The molecule has 1 heterocycles. The summed E-state index contributed by atoms with van der Waals surface area (Å²) in [6.07, 6.45) is 6.02. The van der Waals surface area contributed by atoms with Gasteiger partial charge in [-0.05, 0) is 32.6 Å². The van der Waals surface area contributed by atoms with Crippen molar-refractivity contribution in [2.75, 3.05) is 6.61 Å². The standard InChI is InChI=1S/C13H23NO3/c1-9-6-7-12(17-9)13(16)14-11-5-3-2-4-10(11)8-15/h9-12,15H,2-8H2,1H3,(H,14,16). The Morgan fingerprint density at radius 2 is 2.06 bits per heavy atom. The Morgan fingerprint density at radius 1 is 1.29 bits per heavy atom. The number of aliphatic hydroxyl groups is 1. The molecule has 0 radical (unpaired) electrons. The molecule has 4 atom stereocenters. The van der Waals surface area contributed by atoms with Gasteiger partial charge in [0.05, 0.1) is 6.10 Å². The second-order valence-corrected chi connectivity index (χ2v) is 5.35. The van der Waals surface area contributed by atoms with E-state index in [1.54, 1.807) is 0 Å². The second-order valence-electron chi connectivity index (χ2n) is 5.35. The van der Waals surface area contributed by atoms with Crippen molar-refractivity contribution in [1.29, 1.82) is 0 Å². The van der Waals surface area contributed by atoms with Gasteiger partial charge in [0.2, 0.25) is 5.91 Å². The molecule has 0 aromatic rings. The molecule has 0 spiro atoms. The maximum atomic E-state index is 12.0. The van der Waals surface area contributed by atoms with Crippen LogP contribution < -0.4 is 5.32 Å². The minimum Gasteiger partial charge on any atom is -0.396 e. The summed E-state index contributed by atoms with van der Waals surface area (Å²) in [5.41, 5.74) is 0. The summed E-state index contributed by atoms with van der Waals surface area (Å²) in [7, 11) is 0. The van der Waals surface area contributed by atoms with E-state index in [0.29, 0.717) is 0 Å². The Balaban J connectivity index is 1.84. The van der Waals surface area contributed by atoms with Crippen LogP contribution in [0.5, 0.6) is 0 Å². The van der Waals surface area contributed by atoms with E-state index in [0.717, 1.165) is 38.5 Å². The highest BCUT2D eigenvalue weighted by atomic mass is 16.5. The van der Waals surface area contributed by atoms with Crippen LogP contribution in [0.4, 0.5) is 0 Å². The van der Waals surface area contributed by atoms with Gasteiger partial charge in [-0.25, -0.2) is 0 Å². The monoisotopic (exact) mass is 241 g/mol. The van der Waals surface area contributed by atoms with Crippen LogP contribution in [0, 0.1) is 5.92 Å². The third kappa shape index (κ3) is 3.19. The van der Waals surface area contributed by atoms with Gasteiger partial charge < -0.3 is 15.2 Å². The van der Waals surface area contributed by atoms with Crippen molar-refractivity contribution < 1.29 is 14.6 Å². The molecule has 1 saturated carbocycles. The van der Waals surface area contributed by atoms with E-state index in [1.165, 1.54) is 0 Å². The molecule has 1 amide bonds. The van der Waals surface area contributed by atoms with Crippen LogP contribution in [-0.2, 0) is 9.53 Å². The molecule has 4 heteroatoms. The van der Waals surface area contributed by atoms with Gasteiger partial charge in [-0.3, -0.25) is 4.79 Å². The van der Waals surface area contributed by atoms with Gasteiger partial charge in [0, 0.05) is 18.6 Å². The third-order valence-corrected chi connectivity index (χ3v) is 4.00. The summed E-state index contributed by atoms with van der Waals surface area (Å²) >= 11 is 0. The molecule has 1 saturated heterocycles. The van der Waals surface area contributed by atoms with Gasteiger partial charge in [0.15, 0.2) is 0 Å². The summed E-state index contributed by atoms with van der Waals surface area (Å²) in [6, 6.07) is 0.140. The lowest BCUT2D eigenvalue weighted by Crippen LogP contribution is -2.47. The zero-order valence-electron chi connectivity index (χ0n) is 10.5. The first-order chi connectivity index (χ1) is 8.20. The Morgan fingerprint density at radius 3 is 2.71 bits per heavy atom. The van der Waals surface area contributed by atoms with Crippen molar-refractivity contribution in [3.8, 4) is 0 Å². The van der Waals surface area contributed by atoms with E-state index in [-0.39, 0.29) is 36.7 Å². The van der Waals surface area contributed by atoms with Crippen LogP contribution in [0.3, 0.4) is 0 Å². The summed E-state index contributed by atoms with van der Waals surface area (Å²) in [5.74, 6) is 0.242. The Hall–Kier alpha value is -0.610. The minimum atomic E-state index is -0.272. The summed E-state index contributed by atoms with van der Waals surface area (Å²) < 4.78 is 5.56. The maximum absolute atomic E-state index is 12.0. The highest BCUT2D eigenvalue weighted by molar-refractivity contribution is 5.81. The molecule has 0 aromatic heterocycles. The molecule has 0 aromatic carbocycles. The molecule has 2 rings (SSSR count). The molecule has 4 nitrogen and oxygen atoms in total. The average molecular weight is 241 g/mol. The lowest BCUT2D eigenvalue weighted by molar-refractivity contribution is -0.133. The van der Waals surface area contributed by atoms with Crippen LogP contribution in [0.25, 0.3) is 0 Å². The van der Waals surface area contributed by atoms with Gasteiger partial charge in [0.1, 0.15) is 6.10 Å².